The zero-order valence-corrected chi connectivity index (χ0v) is 5.96. The minimum Gasteiger partial charge on any atom is -0.378 e. The second-order valence-electron chi connectivity index (χ2n) is 2.27. The predicted molar refractivity (Wildman–Crippen MR) is 41.9 cm³/mol. The van der Waals surface area contributed by atoms with Crippen LogP contribution in [0.1, 0.15) is 0 Å². The quantitative estimate of drug-likeness (QED) is 0.566. The highest BCUT2D eigenvalue weighted by Gasteiger charge is 2.01. The Labute approximate surface area is 66.4 Å². The van der Waals surface area contributed by atoms with E-state index in [0.717, 1.165) is 0 Å². The minimum absolute atomic E-state index is 0.182. The Bertz CT molecular complexity index is 523. The molecule has 0 aliphatic rings. The van der Waals surface area contributed by atoms with E-state index in [1.54, 1.807) is 18.2 Å². The van der Waals surface area contributed by atoms with Gasteiger partial charge in [0.1, 0.15) is 0 Å². The molecule has 0 saturated carbocycles. The number of benzene rings is 1. The van der Waals surface area contributed by atoms with Crippen LogP contribution < -0.4 is 11.0 Å². The van der Waals surface area contributed by atoms with Crippen molar-refractivity contribution in [1.29, 1.82) is 0 Å². The van der Waals surface area contributed by atoms with Crippen LogP contribution >= 0.6 is 0 Å². The maximum Gasteiger partial charge on any atom is 0.325 e. The predicted octanol–water partition coefficient (Wildman–Crippen LogP) is 0.281. The number of nitrogens with one attached hydrogen (secondary N) is 1. The van der Waals surface area contributed by atoms with Gasteiger partial charge in [0.15, 0.2) is 5.58 Å². The molecule has 1 radical (unpaired) electrons. The molecule has 1 N–H and O–H groups in total. The van der Waals surface area contributed by atoms with Crippen LogP contribution in [0, 0.1) is 6.07 Å². The molecule has 0 saturated heterocycles. The van der Waals surface area contributed by atoms with E-state index in [4.69, 9.17) is 4.52 Å². The smallest absolute Gasteiger partial charge is 0.325 e. The summed E-state index contributed by atoms with van der Waals surface area (Å²) < 4.78 is 4.75. The summed E-state index contributed by atoms with van der Waals surface area (Å²) in [6.45, 7) is 0. The van der Waals surface area contributed by atoms with E-state index < -0.39 is 11.0 Å². The fourth-order valence-electron chi connectivity index (χ4n) is 0.945. The summed E-state index contributed by atoms with van der Waals surface area (Å²) in [5.41, 5.74) is -1.04. The van der Waals surface area contributed by atoms with E-state index in [1.165, 1.54) is 0 Å². The fourth-order valence-corrected chi connectivity index (χ4v) is 0.945. The average molecular weight is 162 g/mol. The lowest BCUT2D eigenvalue weighted by Gasteiger charge is -1.90. The molecule has 59 valence electrons. The van der Waals surface area contributed by atoms with E-state index >= 15 is 0 Å². The van der Waals surface area contributed by atoms with Crippen LogP contribution in [0.3, 0.4) is 0 Å². The van der Waals surface area contributed by atoms with Crippen molar-refractivity contribution in [2.24, 2.45) is 0 Å². The maximum atomic E-state index is 11.1. The maximum absolute atomic E-state index is 11.1. The Balaban J connectivity index is 3.11. The minimum atomic E-state index is -0.759. The van der Waals surface area contributed by atoms with Crippen molar-refractivity contribution in [2.45, 2.75) is 0 Å². The summed E-state index contributed by atoms with van der Waals surface area (Å²) in [6, 6.07) is 7.44. The molecule has 0 fully saturated rings. The van der Waals surface area contributed by atoms with Crippen molar-refractivity contribution in [3.8, 4) is 0 Å². The van der Waals surface area contributed by atoms with Crippen LogP contribution in [0.4, 0.5) is 0 Å². The summed E-state index contributed by atoms with van der Waals surface area (Å²) in [6.07, 6.45) is 0. The van der Waals surface area contributed by atoms with Crippen molar-refractivity contribution in [2.75, 3.05) is 0 Å². The summed E-state index contributed by atoms with van der Waals surface area (Å²) in [4.78, 5) is 21.8. The molecule has 1 aromatic heterocycles. The summed E-state index contributed by atoms with van der Waals surface area (Å²) in [5.74, 6) is 0. The van der Waals surface area contributed by atoms with Gasteiger partial charge in [-0.2, -0.15) is 5.16 Å². The van der Waals surface area contributed by atoms with Crippen molar-refractivity contribution in [1.82, 2.24) is 5.16 Å². The summed E-state index contributed by atoms with van der Waals surface area (Å²) in [5, 5.41) is 2.16. The van der Waals surface area contributed by atoms with Crippen molar-refractivity contribution in [3.63, 3.8) is 0 Å². The normalized spacial score (nSPS) is 10.3. The van der Waals surface area contributed by atoms with E-state index in [9.17, 15) is 9.59 Å². The van der Waals surface area contributed by atoms with E-state index in [1.807, 2.05) is 5.16 Å². The average Bonchev–Trinajstić information content (AvgIpc) is 2.12. The van der Waals surface area contributed by atoms with Crippen molar-refractivity contribution in [3.05, 3.63) is 44.8 Å². The SMILES string of the molecule is O=c1[nH]oc2ccc[c]c2c1=O. The number of aromatic amines is 1. The molecule has 2 aromatic rings. The van der Waals surface area contributed by atoms with Gasteiger partial charge in [0.2, 0.25) is 0 Å². The number of hydrogen-bond donors (Lipinski definition) is 1. The number of hydrogen-bond acceptors (Lipinski definition) is 3. The van der Waals surface area contributed by atoms with Crippen LogP contribution in [-0.4, -0.2) is 5.16 Å². The first-order chi connectivity index (χ1) is 5.79. The van der Waals surface area contributed by atoms with Gasteiger partial charge >= 0.3 is 5.56 Å². The number of fused-ring (bicyclic) bond motifs is 1. The molecule has 2 rings (SSSR count). The van der Waals surface area contributed by atoms with Gasteiger partial charge in [-0.05, 0) is 12.1 Å². The van der Waals surface area contributed by atoms with Crippen molar-refractivity contribution >= 4 is 11.0 Å². The number of rotatable bonds is 0. The van der Waals surface area contributed by atoms with Gasteiger partial charge in [0, 0.05) is 0 Å². The zero-order valence-electron chi connectivity index (χ0n) is 5.96. The molecule has 0 amide bonds. The molecular formula is C8H4NO3. The van der Waals surface area contributed by atoms with Gasteiger partial charge in [-0.15, -0.1) is 0 Å². The lowest BCUT2D eigenvalue weighted by Crippen LogP contribution is -2.25. The van der Waals surface area contributed by atoms with Gasteiger partial charge in [-0.1, -0.05) is 12.1 Å². The van der Waals surface area contributed by atoms with Crippen LogP contribution in [0.15, 0.2) is 32.3 Å². The fraction of sp³-hybridized carbons (Fsp3) is 0. The first-order valence-corrected chi connectivity index (χ1v) is 3.31. The molecule has 4 heteroatoms. The Morgan fingerprint density at radius 2 is 2.25 bits per heavy atom. The lowest BCUT2D eigenvalue weighted by molar-refractivity contribution is 0.430. The number of aromatic nitrogens is 1. The number of H-pyrrole nitrogens is 1. The molecule has 1 aromatic carbocycles. The van der Waals surface area contributed by atoms with Gasteiger partial charge in [-0.3, -0.25) is 9.59 Å². The molecule has 0 atom stereocenters. The highest BCUT2D eigenvalue weighted by Crippen LogP contribution is 2.03. The molecule has 4 nitrogen and oxygen atoms in total. The third-order valence-electron chi connectivity index (χ3n) is 1.50. The molecule has 0 bridgehead atoms. The second-order valence-corrected chi connectivity index (χ2v) is 2.27. The third-order valence-corrected chi connectivity index (χ3v) is 1.50. The van der Waals surface area contributed by atoms with Gasteiger partial charge in [0.05, 0.1) is 5.39 Å². The van der Waals surface area contributed by atoms with Crippen LogP contribution in [0.2, 0.25) is 0 Å². The van der Waals surface area contributed by atoms with Crippen molar-refractivity contribution < 1.29 is 4.52 Å². The highest BCUT2D eigenvalue weighted by molar-refractivity contribution is 5.74. The summed E-state index contributed by atoms with van der Waals surface area (Å²) in [7, 11) is 0. The second kappa shape index (κ2) is 2.34. The Hall–Kier alpha value is -1.84. The standard InChI is InChI=1S/C8H4NO3/c10-7-5-3-1-2-4-6(5)12-9-8(7)11/h1-2,4H,(H,9,11). The Morgan fingerprint density at radius 1 is 1.42 bits per heavy atom. The zero-order chi connectivity index (χ0) is 8.55. The molecule has 12 heavy (non-hydrogen) atoms. The molecular weight excluding hydrogens is 158 g/mol. The first kappa shape index (κ1) is 6.84. The van der Waals surface area contributed by atoms with Gasteiger partial charge < -0.3 is 4.52 Å². The largest absolute Gasteiger partial charge is 0.378 e. The van der Waals surface area contributed by atoms with E-state index in [0.29, 0.717) is 5.58 Å². The first-order valence-electron chi connectivity index (χ1n) is 3.31. The molecule has 0 aliphatic carbocycles. The van der Waals surface area contributed by atoms with Crippen LogP contribution in [-0.2, 0) is 0 Å². The topological polar surface area (TPSA) is 63.1 Å². The van der Waals surface area contributed by atoms with Crippen LogP contribution in [0.5, 0.6) is 0 Å². The summed E-state index contributed by atoms with van der Waals surface area (Å²) >= 11 is 0. The van der Waals surface area contributed by atoms with E-state index in [2.05, 4.69) is 6.07 Å². The van der Waals surface area contributed by atoms with E-state index in [-0.39, 0.29) is 5.39 Å². The third kappa shape index (κ3) is 0.852. The van der Waals surface area contributed by atoms with Crippen LogP contribution in [0.25, 0.3) is 11.0 Å². The Morgan fingerprint density at radius 3 is 3.08 bits per heavy atom. The lowest BCUT2D eigenvalue weighted by atomic mass is 10.2. The molecule has 0 aliphatic heterocycles. The monoisotopic (exact) mass is 162 g/mol. The highest BCUT2D eigenvalue weighted by atomic mass is 16.5. The van der Waals surface area contributed by atoms with Gasteiger partial charge in [0.25, 0.3) is 5.43 Å². The molecule has 0 spiro atoms. The molecule has 0 unspecified atom stereocenters. The molecule has 1 heterocycles. The van der Waals surface area contributed by atoms with Gasteiger partial charge in [-0.25, -0.2) is 0 Å². The Kier molecular flexibility index (Phi) is 1.33.